The maximum Gasteiger partial charge on any atom is 0.183 e. The number of benzene rings is 3. The van der Waals surface area contributed by atoms with Gasteiger partial charge in [-0.3, -0.25) is 5.10 Å². The lowest BCUT2D eigenvalue weighted by atomic mass is 10.0. The van der Waals surface area contributed by atoms with Gasteiger partial charge in [-0.05, 0) is 17.7 Å². The standard InChI is InChI=1S/C25H17ClN6/c26-20-12-18(11-19-15-29-32-22(19)20)24-23(17-9-5-2-6-10-17)31-25(21(13-27)30-24)28-14-16-7-3-1-4-8-16/h1-12,15H,14H2,(H,28,31)(H,29,32). The predicted octanol–water partition coefficient (Wildman–Crippen LogP) is 5.82. The van der Waals surface area contributed by atoms with Gasteiger partial charge < -0.3 is 5.32 Å². The van der Waals surface area contributed by atoms with Crippen LogP contribution < -0.4 is 5.32 Å². The first-order chi connectivity index (χ1) is 15.7. The minimum absolute atomic E-state index is 0.221. The molecular weight excluding hydrogens is 420 g/mol. The third-order valence-electron chi connectivity index (χ3n) is 5.13. The van der Waals surface area contributed by atoms with Crippen LogP contribution in [0.1, 0.15) is 11.3 Å². The van der Waals surface area contributed by atoms with Crippen molar-refractivity contribution in [3.63, 3.8) is 0 Å². The summed E-state index contributed by atoms with van der Waals surface area (Å²) >= 11 is 6.48. The lowest BCUT2D eigenvalue weighted by Crippen LogP contribution is -2.07. The summed E-state index contributed by atoms with van der Waals surface area (Å²) in [6.45, 7) is 0.532. The van der Waals surface area contributed by atoms with E-state index in [1.165, 1.54) is 0 Å². The topological polar surface area (TPSA) is 90.3 Å². The highest BCUT2D eigenvalue weighted by atomic mass is 35.5. The fourth-order valence-electron chi connectivity index (χ4n) is 3.57. The smallest absolute Gasteiger partial charge is 0.183 e. The van der Waals surface area contributed by atoms with Gasteiger partial charge in [-0.15, -0.1) is 0 Å². The Balaban J connectivity index is 1.66. The van der Waals surface area contributed by atoms with Crippen LogP contribution in [-0.2, 0) is 6.54 Å². The van der Waals surface area contributed by atoms with E-state index >= 15 is 0 Å². The Morgan fingerprint density at radius 2 is 1.62 bits per heavy atom. The summed E-state index contributed by atoms with van der Waals surface area (Å²) in [6.07, 6.45) is 1.71. The van der Waals surface area contributed by atoms with Crippen molar-refractivity contribution in [2.75, 3.05) is 5.32 Å². The molecule has 0 amide bonds. The van der Waals surface area contributed by atoms with Crippen LogP contribution >= 0.6 is 11.6 Å². The van der Waals surface area contributed by atoms with Crippen molar-refractivity contribution in [3.05, 3.63) is 95.3 Å². The van der Waals surface area contributed by atoms with Gasteiger partial charge >= 0.3 is 0 Å². The van der Waals surface area contributed by atoms with Crippen LogP contribution in [-0.4, -0.2) is 20.2 Å². The molecule has 0 aliphatic heterocycles. The maximum atomic E-state index is 9.81. The first kappa shape index (κ1) is 19.7. The van der Waals surface area contributed by atoms with E-state index in [4.69, 9.17) is 21.6 Å². The first-order valence-corrected chi connectivity index (χ1v) is 10.4. The fraction of sp³-hybridized carbons (Fsp3) is 0.0400. The number of nitrogens with one attached hydrogen (secondary N) is 2. The normalized spacial score (nSPS) is 10.8. The molecule has 0 spiro atoms. The molecule has 0 aliphatic rings. The molecule has 0 aliphatic carbocycles. The number of anilines is 1. The minimum atomic E-state index is 0.221. The van der Waals surface area contributed by atoms with Gasteiger partial charge in [-0.2, -0.15) is 10.4 Å². The summed E-state index contributed by atoms with van der Waals surface area (Å²) in [5.74, 6) is 0.439. The van der Waals surface area contributed by atoms with E-state index in [0.29, 0.717) is 28.8 Å². The van der Waals surface area contributed by atoms with Crippen LogP contribution in [0.3, 0.4) is 0 Å². The van der Waals surface area contributed by atoms with Crippen molar-refractivity contribution in [1.82, 2.24) is 20.2 Å². The summed E-state index contributed by atoms with van der Waals surface area (Å²) in [6, 6.07) is 25.7. The summed E-state index contributed by atoms with van der Waals surface area (Å²) in [7, 11) is 0. The van der Waals surface area contributed by atoms with Crippen molar-refractivity contribution in [1.29, 1.82) is 5.26 Å². The highest BCUT2D eigenvalue weighted by Gasteiger charge is 2.18. The molecule has 2 N–H and O–H groups in total. The Morgan fingerprint density at radius 1 is 0.906 bits per heavy atom. The molecule has 0 atom stereocenters. The van der Waals surface area contributed by atoms with Gasteiger partial charge in [0.05, 0.1) is 28.1 Å². The first-order valence-electron chi connectivity index (χ1n) is 10.0. The zero-order chi connectivity index (χ0) is 21.9. The average molecular weight is 437 g/mol. The van der Waals surface area contributed by atoms with E-state index in [1.807, 2.05) is 72.8 Å². The van der Waals surface area contributed by atoms with Crippen molar-refractivity contribution in [2.45, 2.75) is 6.54 Å². The minimum Gasteiger partial charge on any atom is -0.364 e. The number of hydrogen-bond acceptors (Lipinski definition) is 5. The Morgan fingerprint density at radius 3 is 2.38 bits per heavy atom. The van der Waals surface area contributed by atoms with Crippen LogP contribution in [0.2, 0.25) is 5.02 Å². The van der Waals surface area contributed by atoms with E-state index in [2.05, 4.69) is 21.6 Å². The van der Waals surface area contributed by atoms with Gasteiger partial charge in [0.25, 0.3) is 0 Å². The van der Waals surface area contributed by atoms with Crippen LogP contribution in [0.15, 0.2) is 79.0 Å². The Labute approximate surface area is 189 Å². The van der Waals surface area contributed by atoms with Gasteiger partial charge in [0.2, 0.25) is 0 Å². The largest absolute Gasteiger partial charge is 0.364 e. The lowest BCUT2D eigenvalue weighted by molar-refractivity contribution is 1.08. The second-order valence-corrected chi connectivity index (χ2v) is 7.63. The molecule has 2 aromatic heterocycles. The number of aromatic nitrogens is 4. The van der Waals surface area contributed by atoms with E-state index in [1.54, 1.807) is 6.20 Å². The number of rotatable bonds is 5. The molecule has 5 rings (SSSR count). The van der Waals surface area contributed by atoms with Crippen molar-refractivity contribution in [2.24, 2.45) is 0 Å². The molecule has 0 bridgehead atoms. The van der Waals surface area contributed by atoms with Crippen LogP contribution in [0.4, 0.5) is 5.82 Å². The average Bonchev–Trinajstić information content (AvgIpc) is 3.33. The molecule has 5 aromatic rings. The quantitative estimate of drug-likeness (QED) is 0.362. The Bertz CT molecular complexity index is 1440. The molecule has 154 valence electrons. The van der Waals surface area contributed by atoms with Crippen LogP contribution in [0.25, 0.3) is 33.4 Å². The van der Waals surface area contributed by atoms with Crippen LogP contribution in [0.5, 0.6) is 0 Å². The molecule has 6 nitrogen and oxygen atoms in total. The number of nitrogens with zero attached hydrogens (tertiary/aromatic N) is 4. The lowest BCUT2D eigenvalue weighted by Gasteiger charge is -2.14. The number of H-pyrrole nitrogens is 1. The molecule has 7 heteroatoms. The second kappa shape index (κ2) is 8.50. The van der Waals surface area contributed by atoms with Crippen LogP contribution in [0, 0.1) is 11.3 Å². The van der Waals surface area contributed by atoms with E-state index in [-0.39, 0.29) is 5.69 Å². The summed E-state index contributed by atoms with van der Waals surface area (Å²) in [5.41, 5.74) is 4.97. The summed E-state index contributed by atoms with van der Waals surface area (Å²) in [4.78, 5) is 9.55. The zero-order valence-corrected chi connectivity index (χ0v) is 17.6. The Hall–Kier alpha value is -4.21. The molecule has 3 aromatic carbocycles. The number of nitriles is 1. The third-order valence-corrected chi connectivity index (χ3v) is 5.42. The second-order valence-electron chi connectivity index (χ2n) is 7.23. The SMILES string of the molecule is N#Cc1nc(-c2cc(Cl)c3[nH]ncc3c2)c(-c2ccccc2)nc1NCc1ccccc1. The van der Waals surface area contributed by atoms with E-state index in [9.17, 15) is 5.26 Å². The molecular formula is C25H17ClN6. The molecule has 2 heterocycles. The highest BCUT2D eigenvalue weighted by molar-refractivity contribution is 6.35. The van der Waals surface area contributed by atoms with Gasteiger partial charge in [0, 0.05) is 23.1 Å². The van der Waals surface area contributed by atoms with Gasteiger partial charge in [-0.25, -0.2) is 9.97 Å². The van der Waals surface area contributed by atoms with E-state index in [0.717, 1.165) is 27.6 Å². The number of hydrogen-bond donors (Lipinski definition) is 2. The van der Waals surface area contributed by atoms with Gasteiger partial charge in [0.15, 0.2) is 11.5 Å². The zero-order valence-electron chi connectivity index (χ0n) is 16.9. The monoisotopic (exact) mass is 436 g/mol. The molecule has 0 radical (unpaired) electrons. The summed E-state index contributed by atoms with van der Waals surface area (Å²) in [5, 5.41) is 21.4. The molecule has 32 heavy (non-hydrogen) atoms. The molecule has 0 unspecified atom stereocenters. The third kappa shape index (κ3) is 3.78. The highest BCUT2D eigenvalue weighted by Crippen LogP contribution is 2.35. The predicted molar refractivity (Wildman–Crippen MR) is 126 cm³/mol. The number of aromatic amines is 1. The van der Waals surface area contributed by atoms with Crippen molar-refractivity contribution >= 4 is 28.3 Å². The molecule has 0 saturated carbocycles. The Kier molecular flexibility index (Phi) is 5.24. The van der Waals surface area contributed by atoms with Crippen molar-refractivity contribution in [3.8, 4) is 28.6 Å². The summed E-state index contributed by atoms with van der Waals surface area (Å²) < 4.78 is 0. The van der Waals surface area contributed by atoms with E-state index < -0.39 is 0 Å². The number of fused-ring (bicyclic) bond motifs is 1. The number of halogens is 1. The maximum absolute atomic E-state index is 9.81. The molecule has 0 fully saturated rings. The van der Waals surface area contributed by atoms with Crippen molar-refractivity contribution < 1.29 is 0 Å². The molecule has 0 saturated heterocycles. The fourth-order valence-corrected chi connectivity index (χ4v) is 3.84. The van der Waals surface area contributed by atoms with Gasteiger partial charge in [-0.1, -0.05) is 72.3 Å². The van der Waals surface area contributed by atoms with Gasteiger partial charge in [0.1, 0.15) is 6.07 Å².